The van der Waals surface area contributed by atoms with E-state index < -0.39 is 0 Å². The van der Waals surface area contributed by atoms with Gasteiger partial charge in [0, 0.05) is 29.1 Å². The summed E-state index contributed by atoms with van der Waals surface area (Å²) in [5.41, 5.74) is 4.17. The highest BCUT2D eigenvalue weighted by atomic mass is 32.1. The Morgan fingerprint density at radius 2 is 1.87 bits per heavy atom. The third kappa shape index (κ3) is 4.11. The second-order valence-electron chi connectivity index (χ2n) is 7.83. The van der Waals surface area contributed by atoms with E-state index >= 15 is 0 Å². The van der Waals surface area contributed by atoms with Gasteiger partial charge in [-0.05, 0) is 69.4 Å². The van der Waals surface area contributed by atoms with Crippen LogP contribution in [0.25, 0.3) is 0 Å². The van der Waals surface area contributed by atoms with Gasteiger partial charge in [0.25, 0.3) is 0 Å². The summed E-state index contributed by atoms with van der Waals surface area (Å²) in [6.45, 7) is 5.32. The monoisotopic (exact) mass is 439 g/mol. The van der Waals surface area contributed by atoms with Crippen LogP contribution < -0.4 is 9.64 Å². The van der Waals surface area contributed by atoms with Crippen LogP contribution in [-0.4, -0.2) is 55.7 Å². The molecule has 2 aliphatic rings. The number of carbonyl (C=O) groups excluding carboxylic acids is 2. The lowest BCUT2D eigenvalue weighted by Crippen LogP contribution is -2.43. The summed E-state index contributed by atoms with van der Waals surface area (Å²) in [6.07, 6.45) is 4.31. The Bertz CT molecular complexity index is 1010. The van der Waals surface area contributed by atoms with Crippen molar-refractivity contribution in [3.8, 4) is 5.75 Å². The number of anilines is 1. The molecule has 0 bridgehead atoms. The summed E-state index contributed by atoms with van der Waals surface area (Å²) >= 11 is 1.67. The van der Waals surface area contributed by atoms with E-state index in [1.807, 2.05) is 38.1 Å². The standard InChI is InChI=1S/C24H29N3O3S/c1-4-26(5-2)21(29)15-27-20(28)14-25-23(16-10-12-17(30-3)13-11-16)22-18-8-6-7-9-19(18)31-24(22)27/h10-13H,4-9,14-15H2,1-3H3. The van der Waals surface area contributed by atoms with Crippen LogP contribution in [0.5, 0.6) is 5.75 Å². The van der Waals surface area contributed by atoms with Crippen molar-refractivity contribution in [3.63, 3.8) is 0 Å². The number of aryl methyl sites for hydroxylation is 1. The molecule has 164 valence electrons. The van der Waals surface area contributed by atoms with Gasteiger partial charge in [-0.15, -0.1) is 11.3 Å². The highest BCUT2D eigenvalue weighted by Gasteiger charge is 2.33. The third-order valence-corrected chi connectivity index (χ3v) is 7.40. The fourth-order valence-corrected chi connectivity index (χ4v) is 5.77. The number of carbonyl (C=O) groups is 2. The molecule has 0 saturated heterocycles. The maximum atomic E-state index is 13.1. The number of amides is 2. The van der Waals surface area contributed by atoms with Crippen LogP contribution in [0, 0.1) is 0 Å². The van der Waals surface area contributed by atoms with Gasteiger partial charge >= 0.3 is 0 Å². The molecule has 6 nitrogen and oxygen atoms in total. The highest BCUT2D eigenvalue weighted by Crippen LogP contribution is 2.42. The van der Waals surface area contributed by atoms with Crippen molar-refractivity contribution in [2.45, 2.75) is 39.5 Å². The molecule has 1 aromatic carbocycles. The number of nitrogens with zero attached hydrogens (tertiary/aromatic N) is 3. The smallest absolute Gasteiger partial charge is 0.249 e. The van der Waals surface area contributed by atoms with E-state index in [2.05, 4.69) is 0 Å². The first kappa shape index (κ1) is 21.6. The normalized spacial score (nSPS) is 15.6. The Balaban J connectivity index is 1.80. The predicted octanol–water partition coefficient (Wildman–Crippen LogP) is 3.69. The van der Waals surface area contributed by atoms with E-state index in [0.717, 1.165) is 53.3 Å². The van der Waals surface area contributed by atoms with Crippen LogP contribution in [0.4, 0.5) is 5.00 Å². The molecule has 2 heterocycles. The molecular weight excluding hydrogens is 410 g/mol. The summed E-state index contributed by atoms with van der Waals surface area (Å²) in [5.74, 6) is 0.639. The number of benzene rings is 1. The zero-order chi connectivity index (χ0) is 22.0. The number of likely N-dealkylation sites (N-methyl/N-ethyl adjacent to an activating group) is 1. The first-order chi connectivity index (χ1) is 15.1. The summed E-state index contributed by atoms with van der Waals surface area (Å²) in [5, 5.41) is 0.879. The molecule has 0 saturated carbocycles. The van der Waals surface area contributed by atoms with Crippen LogP contribution in [0.15, 0.2) is 29.3 Å². The van der Waals surface area contributed by atoms with E-state index in [4.69, 9.17) is 9.73 Å². The third-order valence-electron chi connectivity index (χ3n) is 6.08. The van der Waals surface area contributed by atoms with Gasteiger partial charge in [-0.2, -0.15) is 0 Å². The largest absolute Gasteiger partial charge is 0.497 e. The second-order valence-corrected chi connectivity index (χ2v) is 8.91. The van der Waals surface area contributed by atoms with Gasteiger partial charge in [0.15, 0.2) is 0 Å². The van der Waals surface area contributed by atoms with Crippen molar-refractivity contribution in [2.75, 3.05) is 38.2 Å². The average molecular weight is 440 g/mol. The minimum absolute atomic E-state index is 0.0245. The van der Waals surface area contributed by atoms with Gasteiger partial charge in [-0.25, -0.2) is 0 Å². The Kier molecular flexibility index (Phi) is 6.41. The molecule has 31 heavy (non-hydrogen) atoms. The molecule has 1 aromatic heterocycles. The van der Waals surface area contributed by atoms with E-state index in [9.17, 15) is 9.59 Å². The molecule has 0 spiro atoms. The van der Waals surface area contributed by atoms with Crippen molar-refractivity contribution >= 4 is 33.9 Å². The summed E-state index contributed by atoms with van der Waals surface area (Å²) < 4.78 is 5.31. The molecule has 0 N–H and O–H groups in total. The molecule has 0 radical (unpaired) electrons. The molecule has 4 rings (SSSR count). The minimum atomic E-state index is -0.121. The highest BCUT2D eigenvalue weighted by molar-refractivity contribution is 7.17. The number of hydrogen-bond acceptors (Lipinski definition) is 5. The average Bonchev–Trinajstić information content (AvgIpc) is 3.11. The molecule has 7 heteroatoms. The van der Waals surface area contributed by atoms with Gasteiger partial charge in [0.1, 0.15) is 23.8 Å². The lowest BCUT2D eigenvalue weighted by molar-refractivity contribution is -0.130. The van der Waals surface area contributed by atoms with Gasteiger partial charge in [-0.3, -0.25) is 19.5 Å². The lowest BCUT2D eigenvalue weighted by atomic mass is 9.91. The van der Waals surface area contributed by atoms with Crippen molar-refractivity contribution in [3.05, 3.63) is 45.8 Å². The van der Waals surface area contributed by atoms with Crippen LogP contribution in [0.1, 0.15) is 48.3 Å². The molecule has 2 aromatic rings. The molecule has 0 unspecified atom stereocenters. The van der Waals surface area contributed by atoms with Gasteiger partial charge in [-0.1, -0.05) is 0 Å². The predicted molar refractivity (Wildman–Crippen MR) is 125 cm³/mol. The summed E-state index contributed by atoms with van der Waals surface area (Å²) in [7, 11) is 1.65. The quantitative estimate of drug-likeness (QED) is 0.690. The number of aliphatic imine (C=N–C) groups is 1. The van der Waals surface area contributed by atoms with E-state index in [-0.39, 0.29) is 24.9 Å². The minimum Gasteiger partial charge on any atom is -0.497 e. The van der Waals surface area contributed by atoms with Crippen molar-refractivity contribution in [2.24, 2.45) is 4.99 Å². The molecule has 0 fully saturated rings. The molecule has 0 atom stereocenters. The number of hydrogen-bond donors (Lipinski definition) is 0. The van der Waals surface area contributed by atoms with E-state index in [1.165, 1.54) is 10.4 Å². The number of fused-ring (bicyclic) bond motifs is 3. The Morgan fingerprint density at radius 3 is 2.55 bits per heavy atom. The lowest BCUT2D eigenvalue weighted by Gasteiger charge is -2.25. The first-order valence-electron chi connectivity index (χ1n) is 11.0. The van der Waals surface area contributed by atoms with Gasteiger partial charge in [0.2, 0.25) is 11.8 Å². The van der Waals surface area contributed by atoms with Crippen LogP contribution in [0.3, 0.4) is 0 Å². The molecule has 1 aliphatic carbocycles. The SMILES string of the molecule is CCN(CC)C(=O)CN1C(=O)CN=C(c2ccc(OC)cc2)c2c1sc1c2CCCC1. The maximum absolute atomic E-state index is 13.1. The van der Waals surface area contributed by atoms with Gasteiger partial charge < -0.3 is 9.64 Å². The zero-order valence-electron chi connectivity index (χ0n) is 18.4. The maximum Gasteiger partial charge on any atom is 0.249 e. The number of thiophene rings is 1. The Morgan fingerprint density at radius 1 is 1.16 bits per heavy atom. The van der Waals surface area contributed by atoms with Crippen molar-refractivity contribution < 1.29 is 14.3 Å². The molecular formula is C24H29N3O3S. The topological polar surface area (TPSA) is 62.2 Å². The van der Waals surface area contributed by atoms with Crippen molar-refractivity contribution in [1.82, 2.24) is 4.90 Å². The van der Waals surface area contributed by atoms with Crippen LogP contribution in [0.2, 0.25) is 0 Å². The van der Waals surface area contributed by atoms with Crippen LogP contribution in [-0.2, 0) is 22.4 Å². The van der Waals surface area contributed by atoms with Crippen molar-refractivity contribution in [1.29, 1.82) is 0 Å². The second kappa shape index (κ2) is 9.22. The number of ether oxygens (including phenoxy) is 1. The van der Waals surface area contributed by atoms with E-state index in [1.54, 1.807) is 28.2 Å². The Labute approximate surface area is 187 Å². The summed E-state index contributed by atoms with van der Waals surface area (Å²) in [6, 6.07) is 7.83. The molecule has 1 aliphatic heterocycles. The number of methoxy groups -OCH3 is 1. The van der Waals surface area contributed by atoms with Crippen LogP contribution >= 0.6 is 11.3 Å². The summed E-state index contributed by atoms with van der Waals surface area (Å²) in [4.78, 5) is 35.6. The Hall–Kier alpha value is -2.67. The molecule has 2 amide bonds. The fraction of sp³-hybridized carbons (Fsp3) is 0.458. The fourth-order valence-electron chi connectivity index (χ4n) is 4.37. The van der Waals surface area contributed by atoms with E-state index in [0.29, 0.717) is 13.1 Å². The zero-order valence-corrected chi connectivity index (χ0v) is 19.3. The first-order valence-corrected chi connectivity index (χ1v) is 11.8. The number of rotatable bonds is 6. The van der Waals surface area contributed by atoms with Gasteiger partial charge in [0.05, 0.1) is 12.8 Å².